The predicted octanol–water partition coefficient (Wildman–Crippen LogP) is -1.48. The first-order valence-electron chi connectivity index (χ1n) is 2.33. The van der Waals surface area contributed by atoms with E-state index in [2.05, 4.69) is 15.5 Å². The molecule has 0 bridgehead atoms. The van der Waals surface area contributed by atoms with Crippen LogP contribution in [0.5, 0.6) is 0 Å². The second kappa shape index (κ2) is 1.23. The lowest BCUT2D eigenvalue weighted by Crippen LogP contribution is -2.19. The molecule has 1 fully saturated rings. The molecule has 2 aliphatic heterocycles. The van der Waals surface area contributed by atoms with Gasteiger partial charge in [0.1, 0.15) is 0 Å². The number of oxime groups is 1. The fourth-order valence-electron chi connectivity index (χ4n) is 0.624. The highest BCUT2D eigenvalue weighted by Gasteiger charge is 2.49. The van der Waals surface area contributed by atoms with Crippen LogP contribution in [0.25, 0.3) is 0 Å². The molecule has 2 aliphatic rings. The van der Waals surface area contributed by atoms with E-state index < -0.39 is 5.97 Å². The molecule has 1 saturated heterocycles. The fraction of sp³-hybridized carbons (Fsp3) is 0.333. The van der Waals surface area contributed by atoms with Crippen LogP contribution < -0.4 is 5.43 Å². The average molecular weight is 129 g/mol. The summed E-state index contributed by atoms with van der Waals surface area (Å²) in [5, 5.41) is 12.8. The number of carbonyl (C=O) groups is 1. The van der Waals surface area contributed by atoms with Crippen LogP contribution in [0.4, 0.5) is 0 Å². The first-order valence-corrected chi connectivity index (χ1v) is 2.33. The summed E-state index contributed by atoms with van der Waals surface area (Å²) >= 11 is 0. The number of nitrogens with zero attached hydrogens (tertiary/aromatic N) is 2. The molecular weight excluding hydrogens is 126 g/mol. The normalized spacial score (nSPS) is 36.7. The van der Waals surface area contributed by atoms with Crippen LogP contribution in [0, 0.1) is 0 Å². The number of hydrogen-bond acceptors (Lipinski definition) is 5. The van der Waals surface area contributed by atoms with Crippen LogP contribution in [-0.4, -0.2) is 28.1 Å². The van der Waals surface area contributed by atoms with Crippen molar-refractivity contribution >= 4 is 11.7 Å². The number of hydrogen-bond donors (Lipinski definition) is 2. The van der Waals surface area contributed by atoms with E-state index in [1.807, 2.05) is 0 Å². The third-order valence-electron chi connectivity index (χ3n) is 1.12. The molecule has 0 aromatic rings. The maximum Gasteiger partial charge on any atom is 0.357 e. The zero-order valence-corrected chi connectivity index (χ0v) is 4.24. The van der Waals surface area contributed by atoms with Crippen LogP contribution >= 0.6 is 0 Å². The summed E-state index contributed by atoms with van der Waals surface area (Å²) in [5.41, 5.74) is 2.61. The highest BCUT2D eigenvalue weighted by Crippen LogP contribution is 2.18. The Kier molecular flexibility index (Phi) is 0.642. The minimum atomic E-state index is -1.05. The van der Waals surface area contributed by atoms with Gasteiger partial charge in [-0.05, 0) is 5.17 Å². The van der Waals surface area contributed by atoms with Gasteiger partial charge in [0.15, 0.2) is 6.17 Å². The maximum absolute atomic E-state index is 10.2. The van der Waals surface area contributed by atoms with Crippen LogP contribution in [0.1, 0.15) is 0 Å². The molecule has 2 N–H and O–H groups in total. The van der Waals surface area contributed by atoms with Crippen molar-refractivity contribution < 1.29 is 14.8 Å². The van der Waals surface area contributed by atoms with Crippen molar-refractivity contribution in [1.82, 2.24) is 10.6 Å². The number of carboxylic acids is 1. The van der Waals surface area contributed by atoms with Crippen molar-refractivity contribution in [1.29, 1.82) is 0 Å². The summed E-state index contributed by atoms with van der Waals surface area (Å²) in [5.74, 6) is -1.05. The summed E-state index contributed by atoms with van der Waals surface area (Å²) in [7, 11) is 0. The molecule has 2 unspecified atom stereocenters. The summed E-state index contributed by atoms with van der Waals surface area (Å²) < 4.78 is 0. The zero-order valence-electron chi connectivity index (χ0n) is 4.24. The Labute approximate surface area is 49.6 Å². The Morgan fingerprint density at radius 2 is 2.78 bits per heavy atom. The van der Waals surface area contributed by atoms with Crippen LogP contribution in [-0.2, 0) is 9.73 Å². The molecule has 9 heavy (non-hydrogen) atoms. The van der Waals surface area contributed by atoms with Gasteiger partial charge in [0.25, 0.3) is 0 Å². The number of fused-ring (bicyclic) bond motifs is 1. The smallest absolute Gasteiger partial charge is 0.357 e. The van der Waals surface area contributed by atoms with Gasteiger partial charge >= 0.3 is 5.97 Å². The quantitative estimate of drug-likeness (QED) is 0.422. The Bertz CT molecular complexity index is 200. The number of hydrazine groups is 1. The van der Waals surface area contributed by atoms with Gasteiger partial charge in [0.2, 0.25) is 5.71 Å². The van der Waals surface area contributed by atoms with E-state index in [-0.39, 0.29) is 11.9 Å². The monoisotopic (exact) mass is 129 g/mol. The fourth-order valence-corrected chi connectivity index (χ4v) is 0.624. The lowest BCUT2D eigenvalue weighted by atomic mass is 10.3. The highest BCUT2D eigenvalue weighted by atomic mass is 16.9. The van der Waals surface area contributed by atoms with Crippen molar-refractivity contribution in [3.63, 3.8) is 0 Å². The SMILES string of the molecule is O=C(O)C1=NON2NC12. The predicted molar refractivity (Wildman–Crippen MR) is 24.9 cm³/mol. The molecule has 0 aromatic carbocycles. The van der Waals surface area contributed by atoms with E-state index >= 15 is 0 Å². The van der Waals surface area contributed by atoms with E-state index in [0.717, 1.165) is 0 Å². The molecule has 0 aromatic heterocycles. The number of rotatable bonds is 1. The van der Waals surface area contributed by atoms with E-state index in [1.165, 1.54) is 5.17 Å². The number of carboxylic acid groups (broad SMARTS) is 1. The molecule has 6 nitrogen and oxygen atoms in total. The minimum Gasteiger partial charge on any atom is -0.477 e. The number of hydroxylamine groups is 1. The van der Waals surface area contributed by atoms with E-state index in [4.69, 9.17) is 5.11 Å². The molecular formula is C3H3N3O3. The second-order valence-electron chi connectivity index (χ2n) is 1.72. The number of aliphatic carboxylic acids is 1. The van der Waals surface area contributed by atoms with Crippen LogP contribution in [0.3, 0.4) is 0 Å². The van der Waals surface area contributed by atoms with Gasteiger partial charge in [-0.3, -0.25) is 4.94 Å². The molecule has 2 atom stereocenters. The summed E-state index contributed by atoms with van der Waals surface area (Å²) in [6, 6.07) is 0. The molecule has 6 heteroatoms. The molecule has 0 radical (unpaired) electrons. The van der Waals surface area contributed by atoms with Gasteiger partial charge < -0.3 is 5.11 Å². The Morgan fingerprint density at radius 1 is 2.00 bits per heavy atom. The first-order chi connectivity index (χ1) is 4.29. The summed E-state index contributed by atoms with van der Waals surface area (Å²) in [6.45, 7) is 0. The van der Waals surface area contributed by atoms with E-state index in [9.17, 15) is 4.79 Å². The van der Waals surface area contributed by atoms with Crippen molar-refractivity contribution in [2.45, 2.75) is 6.17 Å². The third-order valence-corrected chi connectivity index (χ3v) is 1.12. The summed E-state index contributed by atoms with van der Waals surface area (Å²) in [4.78, 5) is 14.6. The van der Waals surface area contributed by atoms with Crippen molar-refractivity contribution in [2.75, 3.05) is 0 Å². The largest absolute Gasteiger partial charge is 0.477 e. The molecule has 48 valence electrons. The Morgan fingerprint density at radius 3 is 3.00 bits per heavy atom. The molecule has 2 heterocycles. The maximum atomic E-state index is 10.2. The minimum absolute atomic E-state index is 0.00926. The highest BCUT2D eigenvalue weighted by molar-refractivity contribution is 6.38. The van der Waals surface area contributed by atoms with Gasteiger partial charge in [0.05, 0.1) is 0 Å². The zero-order chi connectivity index (χ0) is 6.43. The lowest BCUT2D eigenvalue weighted by Gasteiger charge is -1.85. The van der Waals surface area contributed by atoms with Crippen LogP contribution in [0.2, 0.25) is 0 Å². The van der Waals surface area contributed by atoms with Crippen molar-refractivity contribution in [2.24, 2.45) is 5.16 Å². The van der Waals surface area contributed by atoms with E-state index in [0.29, 0.717) is 0 Å². The first kappa shape index (κ1) is 4.71. The van der Waals surface area contributed by atoms with Gasteiger partial charge in [-0.2, -0.15) is 5.43 Å². The van der Waals surface area contributed by atoms with Gasteiger partial charge in [-0.15, -0.1) is 0 Å². The topological polar surface area (TPSA) is 83.8 Å². The molecule has 0 aliphatic carbocycles. The standard InChI is InChI=1S/C3H3N3O3/c7-3(8)1-2-4-6(2)9-5-1/h2,4H,(H,7,8). The molecule has 2 rings (SSSR count). The molecule has 0 amide bonds. The third kappa shape index (κ3) is 0.508. The molecule has 0 saturated carbocycles. The van der Waals surface area contributed by atoms with Gasteiger partial charge in [-0.1, -0.05) is 5.16 Å². The number of nitrogens with one attached hydrogen (secondary N) is 1. The Balaban J connectivity index is 2.20. The van der Waals surface area contributed by atoms with Crippen LogP contribution in [0.15, 0.2) is 5.16 Å². The van der Waals surface area contributed by atoms with Gasteiger partial charge in [0, 0.05) is 0 Å². The summed E-state index contributed by atoms with van der Waals surface area (Å²) in [6.07, 6.45) is -0.317. The average Bonchev–Trinajstić information content (AvgIpc) is 2.43. The van der Waals surface area contributed by atoms with Crippen molar-refractivity contribution in [3.05, 3.63) is 0 Å². The van der Waals surface area contributed by atoms with Crippen molar-refractivity contribution in [3.8, 4) is 0 Å². The van der Waals surface area contributed by atoms with E-state index in [1.54, 1.807) is 0 Å². The Hall–Kier alpha value is -1.14. The second-order valence-corrected chi connectivity index (χ2v) is 1.72. The lowest BCUT2D eigenvalue weighted by molar-refractivity contribution is -0.129. The molecule has 0 spiro atoms. The van der Waals surface area contributed by atoms with Gasteiger partial charge in [-0.25, -0.2) is 4.79 Å².